The maximum Gasteiger partial charge on any atom is 0.0490 e. The van der Waals surface area contributed by atoms with E-state index in [0.717, 1.165) is 12.5 Å². The summed E-state index contributed by atoms with van der Waals surface area (Å²) >= 11 is 0. The molecule has 0 N–H and O–H groups in total. The predicted molar refractivity (Wildman–Crippen MR) is 51.9 cm³/mol. The maximum atomic E-state index is 5.08. The smallest absolute Gasteiger partial charge is 0.0490 e. The van der Waals surface area contributed by atoms with E-state index in [-0.39, 0.29) is 14.9 Å². The van der Waals surface area contributed by atoms with Gasteiger partial charge in [-0.25, -0.2) is 0 Å². The first-order valence-electron chi connectivity index (χ1n) is 3.92. The van der Waals surface area contributed by atoms with Crippen LogP contribution in [0.2, 0.25) is 0 Å². The van der Waals surface area contributed by atoms with Crippen LogP contribution in [0.1, 0.15) is 47.0 Å². The topological polar surface area (TPSA) is 9.23 Å². The summed E-state index contributed by atoms with van der Waals surface area (Å²) in [6, 6.07) is 0. The molecule has 1 nitrogen and oxygen atoms in total. The number of rotatable bonds is 2. The molecule has 1 aliphatic carbocycles. The minimum absolute atomic E-state index is 0. The van der Waals surface area contributed by atoms with E-state index >= 15 is 0 Å². The highest BCUT2D eigenvalue weighted by atomic mass is 16.5. The molecule has 1 aliphatic rings. The molecule has 0 atom stereocenters. The van der Waals surface area contributed by atoms with Crippen LogP contribution in [0.4, 0.5) is 0 Å². The van der Waals surface area contributed by atoms with E-state index in [1.165, 1.54) is 32.1 Å². The van der Waals surface area contributed by atoms with Gasteiger partial charge in [-0.1, -0.05) is 34.1 Å². The van der Waals surface area contributed by atoms with Gasteiger partial charge < -0.3 is 4.74 Å². The fourth-order valence-corrected chi connectivity index (χ4v) is 1.59. The molecule has 70 valence electrons. The molecule has 0 unspecified atom stereocenters. The van der Waals surface area contributed by atoms with Crippen LogP contribution in [0, 0.1) is 5.92 Å². The molecule has 0 heterocycles. The molecule has 11 heavy (non-hydrogen) atoms. The second kappa shape index (κ2) is 8.06. The molecular weight excluding hydrogens is 136 g/mol. The van der Waals surface area contributed by atoms with Crippen LogP contribution in [0.5, 0.6) is 0 Å². The van der Waals surface area contributed by atoms with Crippen molar-refractivity contribution in [2.75, 3.05) is 13.7 Å². The Morgan fingerprint density at radius 1 is 1.09 bits per heavy atom. The van der Waals surface area contributed by atoms with Crippen LogP contribution in [0.25, 0.3) is 0 Å². The van der Waals surface area contributed by atoms with Gasteiger partial charge in [0.2, 0.25) is 0 Å². The Morgan fingerprint density at radius 3 is 2.09 bits per heavy atom. The summed E-state index contributed by atoms with van der Waals surface area (Å²) in [6.07, 6.45) is 7.09. The van der Waals surface area contributed by atoms with Crippen LogP contribution in [-0.2, 0) is 4.74 Å². The van der Waals surface area contributed by atoms with E-state index in [1.807, 2.05) is 0 Å². The van der Waals surface area contributed by atoms with Gasteiger partial charge in [0.05, 0.1) is 0 Å². The van der Waals surface area contributed by atoms with E-state index in [0.29, 0.717) is 0 Å². The van der Waals surface area contributed by atoms with Crippen molar-refractivity contribution in [1.82, 2.24) is 0 Å². The summed E-state index contributed by atoms with van der Waals surface area (Å²) in [5.74, 6) is 0.878. The van der Waals surface area contributed by atoms with Gasteiger partial charge in [-0.3, -0.25) is 0 Å². The van der Waals surface area contributed by atoms with E-state index in [2.05, 4.69) is 0 Å². The van der Waals surface area contributed by atoms with Gasteiger partial charge in [0.25, 0.3) is 0 Å². The van der Waals surface area contributed by atoms with Crippen LogP contribution < -0.4 is 0 Å². The van der Waals surface area contributed by atoms with Crippen molar-refractivity contribution in [1.29, 1.82) is 0 Å². The van der Waals surface area contributed by atoms with Gasteiger partial charge in [-0.05, 0) is 18.8 Å². The summed E-state index contributed by atoms with van der Waals surface area (Å²) in [4.78, 5) is 0. The molecule has 1 rings (SSSR count). The third-order valence-corrected chi connectivity index (χ3v) is 2.13. The van der Waals surface area contributed by atoms with Crippen molar-refractivity contribution >= 4 is 0 Å². The lowest BCUT2D eigenvalue weighted by Crippen LogP contribution is -2.11. The predicted octanol–water partition coefficient (Wildman–Crippen LogP) is 3.49. The number of hydrogen-bond acceptors (Lipinski definition) is 1. The molecule has 1 heteroatoms. The van der Waals surface area contributed by atoms with Gasteiger partial charge in [-0.15, -0.1) is 0 Å². The lowest BCUT2D eigenvalue weighted by Gasteiger charge is -2.19. The second-order valence-electron chi connectivity index (χ2n) is 2.96. The third-order valence-electron chi connectivity index (χ3n) is 2.13. The highest BCUT2D eigenvalue weighted by molar-refractivity contribution is 4.64. The standard InChI is InChI=1S/C8H16O.2CH4/c1-9-7-8-5-3-2-4-6-8;;/h8H,2-7H2,1H3;2*1H4. The molecule has 1 fully saturated rings. The Bertz CT molecular complexity index is 62.5. The Labute approximate surface area is 72.1 Å². The lowest BCUT2D eigenvalue weighted by molar-refractivity contribution is 0.131. The summed E-state index contributed by atoms with van der Waals surface area (Å²) in [5.41, 5.74) is 0. The molecule has 0 amide bonds. The summed E-state index contributed by atoms with van der Waals surface area (Å²) in [6.45, 7) is 0.986. The molecule has 0 aliphatic heterocycles. The molecule has 1 saturated carbocycles. The Morgan fingerprint density at radius 2 is 1.64 bits per heavy atom. The normalized spacial score (nSPS) is 18.3. The van der Waals surface area contributed by atoms with Gasteiger partial charge in [0.15, 0.2) is 0 Å². The molecular formula is C10H24O. The van der Waals surface area contributed by atoms with Crippen LogP contribution in [0.15, 0.2) is 0 Å². The van der Waals surface area contributed by atoms with Gasteiger partial charge in [0, 0.05) is 13.7 Å². The fraction of sp³-hybridized carbons (Fsp3) is 1.00. The molecule has 0 aromatic rings. The zero-order valence-corrected chi connectivity index (χ0v) is 6.23. The molecule has 0 bridgehead atoms. The molecule has 0 spiro atoms. The van der Waals surface area contributed by atoms with E-state index < -0.39 is 0 Å². The van der Waals surface area contributed by atoms with E-state index in [9.17, 15) is 0 Å². The molecule has 0 radical (unpaired) electrons. The Kier molecular flexibility index (Phi) is 9.92. The summed E-state index contributed by atoms with van der Waals surface area (Å²) in [5, 5.41) is 0. The number of ether oxygens (including phenoxy) is 1. The van der Waals surface area contributed by atoms with Crippen molar-refractivity contribution in [2.45, 2.75) is 47.0 Å². The first kappa shape index (κ1) is 13.5. The van der Waals surface area contributed by atoms with E-state index in [4.69, 9.17) is 4.74 Å². The summed E-state index contributed by atoms with van der Waals surface area (Å²) < 4.78 is 5.08. The van der Waals surface area contributed by atoms with Gasteiger partial charge in [-0.2, -0.15) is 0 Å². The van der Waals surface area contributed by atoms with Crippen molar-refractivity contribution in [3.63, 3.8) is 0 Å². The average Bonchev–Trinajstić information content (AvgIpc) is 1.91. The zero-order valence-electron chi connectivity index (χ0n) is 6.23. The van der Waals surface area contributed by atoms with Crippen LogP contribution >= 0.6 is 0 Å². The fourth-order valence-electron chi connectivity index (χ4n) is 1.59. The highest BCUT2D eigenvalue weighted by Gasteiger charge is 2.11. The SMILES string of the molecule is C.C.COCC1CCCCC1. The Hall–Kier alpha value is -0.0400. The largest absolute Gasteiger partial charge is 0.384 e. The molecule has 0 aromatic heterocycles. The minimum Gasteiger partial charge on any atom is -0.384 e. The average molecular weight is 160 g/mol. The molecule has 0 saturated heterocycles. The quantitative estimate of drug-likeness (QED) is 0.601. The maximum absolute atomic E-state index is 5.08. The first-order chi connectivity index (χ1) is 4.43. The van der Waals surface area contributed by atoms with Crippen molar-refractivity contribution in [3.05, 3.63) is 0 Å². The highest BCUT2D eigenvalue weighted by Crippen LogP contribution is 2.23. The lowest BCUT2D eigenvalue weighted by atomic mass is 9.90. The van der Waals surface area contributed by atoms with Gasteiger partial charge in [0.1, 0.15) is 0 Å². The van der Waals surface area contributed by atoms with Crippen molar-refractivity contribution in [2.24, 2.45) is 5.92 Å². The van der Waals surface area contributed by atoms with Gasteiger partial charge >= 0.3 is 0 Å². The third kappa shape index (κ3) is 5.25. The van der Waals surface area contributed by atoms with Crippen molar-refractivity contribution < 1.29 is 4.74 Å². The van der Waals surface area contributed by atoms with Crippen LogP contribution in [0.3, 0.4) is 0 Å². The molecule has 0 aromatic carbocycles. The Balaban J connectivity index is 0. The minimum atomic E-state index is 0. The number of hydrogen-bond donors (Lipinski definition) is 0. The second-order valence-corrected chi connectivity index (χ2v) is 2.96. The van der Waals surface area contributed by atoms with Crippen LogP contribution in [-0.4, -0.2) is 13.7 Å². The van der Waals surface area contributed by atoms with E-state index in [1.54, 1.807) is 7.11 Å². The number of methoxy groups -OCH3 is 1. The zero-order chi connectivity index (χ0) is 6.53. The first-order valence-corrected chi connectivity index (χ1v) is 3.92. The van der Waals surface area contributed by atoms with Crippen molar-refractivity contribution in [3.8, 4) is 0 Å². The summed E-state index contributed by atoms with van der Waals surface area (Å²) in [7, 11) is 1.80. The monoisotopic (exact) mass is 160 g/mol.